The predicted octanol–water partition coefficient (Wildman–Crippen LogP) is 3.92. The number of halogens is 2. The number of hydrogen-bond donors (Lipinski definition) is 0. The molecule has 0 fully saturated rings. The van der Waals surface area contributed by atoms with Crippen LogP contribution in [0.5, 0.6) is 0 Å². The molecular weight excluding hydrogens is 455 g/mol. The highest BCUT2D eigenvalue weighted by atomic mass is 79.9. The van der Waals surface area contributed by atoms with Gasteiger partial charge in [0.25, 0.3) is 0 Å². The van der Waals surface area contributed by atoms with Crippen molar-refractivity contribution in [1.29, 1.82) is 0 Å². The normalized spacial score (nSPS) is 12.6. The lowest BCUT2D eigenvalue weighted by Gasteiger charge is -2.03. The van der Waals surface area contributed by atoms with Gasteiger partial charge in [0.05, 0.1) is 20.9 Å². The second-order valence-corrected chi connectivity index (χ2v) is 9.80. The summed E-state index contributed by atoms with van der Waals surface area (Å²) in [4.78, 5) is 16.9. The number of benzene rings is 2. The van der Waals surface area contributed by atoms with Gasteiger partial charge in [0.1, 0.15) is 5.82 Å². The van der Waals surface area contributed by atoms with Gasteiger partial charge < -0.3 is 4.57 Å². The quantitative estimate of drug-likeness (QED) is 0.530. The number of fused-ring (bicyclic) bond motifs is 1. The van der Waals surface area contributed by atoms with Crippen molar-refractivity contribution >= 4 is 53.2 Å². The van der Waals surface area contributed by atoms with E-state index in [4.69, 9.17) is 0 Å². The van der Waals surface area contributed by atoms with Gasteiger partial charge in [-0.25, -0.2) is 12.8 Å². The third-order valence-corrected chi connectivity index (χ3v) is 7.21. The number of aryl methyl sites for hydroxylation is 1. The molecule has 0 N–H and O–H groups in total. The second-order valence-electron chi connectivity index (χ2n) is 5.77. The molecule has 27 heavy (non-hydrogen) atoms. The van der Waals surface area contributed by atoms with Crippen LogP contribution in [0.25, 0.3) is 10.2 Å². The number of thiazole rings is 1. The largest absolute Gasteiger partial charge is 0.317 e. The number of hydrogen-bond acceptors (Lipinski definition) is 4. The molecule has 1 amide bonds. The summed E-state index contributed by atoms with van der Waals surface area (Å²) in [5.41, 5.74) is 0.969. The van der Waals surface area contributed by atoms with Crippen LogP contribution < -0.4 is 4.80 Å². The zero-order chi connectivity index (χ0) is 19.6. The van der Waals surface area contributed by atoms with E-state index in [2.05, 4.69) is 20.9 Å². The highest BCUT2D eigenvalue weighted by Crippen LogP contribution is 2.22. The molecule has 9 heteroatoms. The van der Waals surface area contributed by atoms with Crippen molar-refractivity contribution in [2.75, 3.05) is 5.75 Å². The fourth-order valence-corrected chi connectivity index (χ4v) is 5.47. The van der Waals surface area contributed by atoms with E-state index in [1.54, 1.807) is 0 Å². The molecule has 0 unspecified atom stereocenters. The van der Waals surface area contributed by atoms with Crippen molar-refractivity contribution in [2.24, 2.45) is 4.99 Å². The van der Waals surface area contributed by atoms with Gasteiger partial charge in [-0.3, -0.25) is 4.79 Å². The summed E-state index contributed by atoms with van der Waals surface area (Å²) in [7, 11) is -3.67. The molecular formula is C18H16BrFN2O3S2. The van der Waals surface area contributed by atoms with E-state index in [1.807, 2.05) is 29.7 Å². The SMILES string of the molecule is CCn1c(=NC(=O)CCS(=O)(=O)c2ccc(F)cc2)sc2cc(Br)ccc21. The standard InChI is InChI=1S/C18H16BrFN2O3S2/c1-2-22-15-8-3-12(19)11-16(15)26-18(22)21-17(23)9-10-27(24,25)14-6-4-13(20)5-7-14/h3-8,11H,2,9-10H2,1H3. The molecule has 142 valence electrons. The first-order valence-electron chi connectivity index (χ1n) is 8.15. The van der Waals surface area contributed by atoms with E-state index in [0.29, 0.717) is 11.3 Å². The first kappa shape index (κ1) is 19.9. The zero-order valence-electron chi connectivity index (χ0n) is 14.4. The summed E-state index contributed by atoms with van der Waals surface area (Å²) in [5, 5.41) is 0. The molecule has 0 atom stereocenters. The molecule has 3 aromatic rings. The monoisotopic (exact) mass is 470 g/mol. The van der Waals surface area contributed by atoms with E-state index in [-0.39, 0.29) is 17.1 Å². The molecule has 5 nitrogen and oxygen atoms in total. The number of nitrogens with zero attached hydrogens (tertiary/aromatic N) is 2. The Morgan fingerprint density at radius 1 is 1.22 bits per heavy atom. The van der Waals surface area contributed by atoms with Crippen LogP contribution in [-0.2, 0) is 21.2 Å². The molecule has 0 saturated heterocycles. The Bertz CT molecular complexity index is 1170. The average molecular weight is 471 g/mol. The number of carbonyl (C=O) groups excluding carboxylic acids is 1. The third-order valence-electron chi connectivity index (χ3n) is 3.94. The predicted molar refractivity (Wildman–Crippen MR) is 107 cm³/mol. The van der Waals surface area contributed by atoms with Crippen LogP contribution in [0.4, 0.5) is 4.39 Å². The summed E-state index contributed by atoms with van der Waals surface area (Å²) in [5.74, 6) is -1.39. The Balaban J connectivity index is 1.83. The minimum absolute atomic E-state index is 0.00738. The van der Waals surface area contributed by atoms with Crippen LogP contribution in [0.3, 0.4) is 0 Å². The van der Waals surface area contributed by atoms with Crippen LogP contribution in [0.1, 0.15) is 13.3 Å². The molecule has 0 aliphatic heterocycles. The lowest BCUT2D eigenvalue weighted by atomic mass is 10.3. The number of rotatable bonds is 5. The van der Waals surface area contributed by atoms with E-state index < -0.39 is 21.6 Å². The fourth-order valence-electron chi connectivity index (χ4n) is 2.58. The Hall–Kier alpha value is -1.84. The second kappa shape index (κ2) is 8.04. The third kappa shape index (κ3) is 4.53. The van der Waals surface area contributed by atoms with Crippen LogP contribution in [0.2, 0.25) is 0 Å². The van der Waals surface area contributed by atoms with Gasteiger partial charge in [-0.1, -0.05) is 27.3 Å². The lowest BCUT2D eigenvalue weighted by molar-refractivity contribution is -0.117. The van der Waals surface area contributed by atoms with E-state index in [1.165, 1.54) is 23.5 Å². The summed E-state index contributed by atoms with van der Waals surface area (Å²) in [6.45, 7) is 2.60. The summed E-state index contributed by atoms with van der Waals surface area (Å²) in [6.07, 6.45) is -0.235. The molecule has 0 aliphatic rings. The van der Waals surface area contributed by atoms with E-state index in [0.717, 1.165) is 26.8 Å². The summed E-state index contributed by atoms with van der Waals surface area (Å²) >= 11 is 4.80. The Morgan fingerprint density at radius 3 is 2.59 bits per heavy atom. The fraction of sp³-hybridized carbons (Fsp3) is 0.222. The molecule has 0 spiro atoms. The number of amides is 1. The highest BCUT2D eigenvalue weighted by Gasteiger charge is 2.17. The number of carbonyl (C=O) groups is 1. The van der Waals surface area contributed by atoms with Gasteiger partial charge in [0.2, 0.25) is 5.91 Å². The van der Waals surface area contributed by atoms with Gasteiger partial charge in [0.15, 0.2) is 14.6 Å². The molecule has 1 aromatic heterocycles. The maximum Gasteiger partial charge on any atom is 0.249 e. The molecule has 2 aromatic carbocycles. The Labute approximate surface area is 168 Å². The average Bonchev–Trinajstić information content (AvgIpc) is 2.96. The van der Waals surface area contributed by atoms with E-state index >= 15 is 0 Å². The van der Waals surface area contributed by atoms with Crippen molar-refractivity contribution in [3.63, 3.8) is 0 Å². The van der Waals surface area contributed by atoms with Crippen molar-refractivity contribution in [3.8, 4) is 0 Å². The maximum atomic E-state index is 12.9. The molecule has 0 bridgehead atoms. The first-order chi connectivity index (χ1) is 12.8. The minimum atomic E-state index is -3.67. The molecule has 1 heterocycles. The van der Waals surface area contributed by atoms with Gasteiger partial charge in [-0.05, 0) is 49.4 Å². The Kier molecular flexibility index (Phi) is 5.92. The van der Waals surface area contributed by atoms with Crippen LogP contribution in [0.15, 0.2) is 56.8 Å². The van der Waals surface area contributed by atoms with Gasteiger partial charge in [0, 0.05) is 17.4 Å². The van der Waals surface area contributed by atoms with Crippen LogP contribution in [-0.4, -0.2) is 24.6 Å². The minimum Gasteiger partial charge on any atom is -0.317 e. The number of aromatic nitrogens is 1. The van der Waals surface area contributed by atoms with Crippen molar-refractivity contribution in [3.05, 3.63) is 57.6 Å². The number of sulfone groups is 1. The van der Waals surface area contributed by atoms with Crippen LogP contribution >= 0.6 is 27.3 Å². The topological polar surface area (TPSA) is 68.5 Å². The smallest absolute Gasteiger partial charge is 0.249 e. The zero-order valence-corrected chi connectivity index (χ0v) is 17.6. The molecule has 3 rings (SSSR count). The summed E-state index contributed by atoms with van der Waals surface area (Å²) in [6, 6.07) is 10.4. The maximum absolute atomic E-state index is 12.9. The Morgan fingerprint density at radius 2 is 1.93 bits per heavy atom. The van der Waals surface area contributed by atoms with Crippen molar-refractivity contribution in [1.82, 2.24) is 4.57 Å². The van der Waals surface area contributed by atoms with E-state index in [9.17, 15) is 17.6 Å². The van der Waals surface area contributed by atoms with Crippen molar-refractivity contribution < 1.29 is 17.6 Å². The molecule has 0 aliphatic carbocycles. The van der Waals surface area contributed by atoms with Gasteiger partial charge in [-0.15, -0.1) is 0 Å². The van der Waals surface area contributed by atoms with Crippen molar-refractivity contribution in [2.45, 2.75) is 24.8 Å². The van der Waals surface area contributed by atoms with Gasteiger partial charge >= 0.3 is 0 Å². The van der Waals surface area contributed by atoms with Crippen LogP contribution in [0, 0.1) is 5.82 Å². The highest BCUT2D eigenvalue weighted by molar-refractivity contribution is 9.10. The molecule has 0 radical (unpaired) electrons. The van der Waals surface area contributed by atoms with Gasteiger partial charge in [-0.2, -0.15) is 4.99 Å². The lowest BCUT2D eigenvalue weighted by Crippen LogP contribution is -2.17. The molecule has 0 saturated carbocycles. The summed E-state index contributed by atoms with van der Waals surface area (Å²) < 4.78 is 41.3. The first-order valence-corrected chi connectivity index (χ1v) is 11.4.